The van der Waals surface area contributed by atoms with Crippen LogP contribution in [0.15, 0.2) is 60.0 Å². The van der Waals surface area contributed by atoms with Gasteiger partial charge >= 0.3 is 0 Å². The average molecular weight is 327 g/mol. The van der Waals surface area contributed by atoms with Crippen LogP contribution in [0.3, 0.4) is 0 Å². The number of nitrogens with one attached hydrogen (secondary N) is 1. The maximum atomic E-state index is 12.3. The summed E-state index contributed by atoms with van der Waals surface area (Å²) in [5.74, 6) is 0.616. The van der Waals surface area contributed by atoms with Crippen molar-refractivity contribution < 1.29 is 8.42 Å². The van der Waals surface area contributed by atoms with Gasteiger partial charge in [-0.3, -0.25) is 0 Å². The smallest absolute Gasteiger partial charge is 0.236 e. The summed E-state index contributed by atoms with van der Waals surface area (Å²) in [6.07, 6.45) is 1.59. The van der Waals surface area contributed by atoms with E-state index in [4.69, 9.17) is 0 Å². The third-order valence-electron chi connectivity index (χ3n) is 3.48. The molecule has 2 aromatic carbocycles. The minimum Gasteiger partial charge on any atom is -0.341 e. The molecule has 0 aliphatic carbocycles. The van der Waals surface area contributed by atoms with Crippen LogP contribution in [-0.4, -0.2) is 29.7 Å². The number of hydrogen-bond donors (Lipinski definition) is 1. The molecule has 0 aliphatic rings. The van der Waals surface area contributed by atoms with Crippen LogP contribution in [-0.2, 0) is 16.6 Å². The summed E-state index contributed by atoms with van der Waals surface area (Å²) >= 11 is 0. The molecule has 1 heterocycles. The number of H-pyrrole nitrogens is 1. The van der Waals surface area contributed by atoms with Crippen molar-refractivity contribution in [2.75, 3.05) is 7.05 Å². The molecule has 0 saturated heterocycles. The number of imidazole rings is 1. The number of rotatable bonds is 5. The first-order chi connectivity index (χ1) is 11.0. The number of benzene rings is 2. The highest BCUT2D eigenvalue weighted by Gasteiger charge is 2.16. The van der Waals surface area contributed by atoms with Crippen molar-refractivity contribution in [1.29, 1.82) is 0 Å². The standard InChI is InChI=1S/C17H17N3O2S/c1-20(13-17-18-15-9-5-6-10-16(15)19-17)23(21,22)12-11-14-7-3-2-4-8-14/h2-12H,13H2,1H3,(H,18,19). The zero-order chi connectivity index (χ0) is 16.3. The summed E-state index contributed by atoms with van der Waals surface area (Å²) < 4.78 is 25.9. The van der Waals surface area contributed by atoms with Gasteiger partial charge in [-0.05, 0) is 23.8 Å². The molecule has 0 aliphatic heterocycles. The largest absolute Gasteiger partial charge is 0.341 e. The molecule has 1 aromatic heterocycles. The van der Waals surface area contributed by atoms with Crippen molar-refractivity contribution in [3.63, 3.8) is 0 Å². The number of nitrogens with zero attached hydrogens (tertiary/aromatic N) is 2. The van der Waals surface area contributed by atoms with Crippen molar-refractivity contribution in [2.45, 2.75) is 6.54 Å². The molecule has 1 N–H and O–H groups in total. The quantitative estimate of drug-likeness (QED) is 0.783. The van der Waals surface area contributed by atoms with Crippen molar-refractivity contribution in [3.8, 4) is 0 Å². The van der Waals surface area contributed by atoms with E-state index in [0.717, 1.165) is 16.6 Å². The van der Waals surface area contributed by atoms with E-state index in [0.29, 0.717) is 5.82 Å². The van der Waals surface area contributed by atoms with Crippen LogP contribution in [0.4, 0.5) is 0 Å². The first kappa shape index (κ1) is 15.5. The highest BCUT2D eigenvalue weighted by molar-refractivity contribution is 7.92. The fraction of sp³-hybridized carbons (Fsp3) is 0.118. The number of aromatic amines is 1. The summed E-state index contributed by atoms with van der Waals surface area (Å²) in [4.78, 5) is 7.53. The monoisotopic (exact) mass is 327 g/mol. The minimum absolute atomic E-state index is 0.191. The highest BCUT2D eigenvalue weighted by atomic mass is 32.2. The van der Waals surface area contributed by atoms with Crippen molar-refractivity contribution >= 4 is 27.1 Å². The lowest BCUT2D eigenvalue weighted by Crippen LogP contribution is -2.24. The van der Waals surface area contributed by atoms with Gasteiger partial charge in [0.2, 0.25) is 10.0 Å². The van der Waals surface area contributed by atoms with Crippen LogP contribution >= 0.6 is 0 Å². The summed E-state index contributed by atoms with van der Waals surface area (Å²) in [6, 6.07) is 16.9. The predicted octanol–water partition coefficient (Wildman–Crippen LogP) is 3.00. The summed E-state index contributed by atoms with van der Waals surface area (Å²) in [5, 5.41) is 1.21. The zero-order valence-corrected chi connectivity index (χ0v) is 13.5. The first-order valence-electron chi connectivity index (χ1n) is 7.18. The van der Waals surface area contributed by atoms with Gasteiger partial charge in [0, 0.05) is 12.5 Å². The van der Waals surface area contributed by atoms with Crippen LogP contribution in [0.2, 0.25) is 0 Å². The Morgan fingerprint density at radius 3 is 2.52 bits per heavy atom. The van der Waals surface area contributed by atoms with Crippen molar-refractivity contribution in [2.24, 2.45) is 0 Å². The normalized spacial score (nSPS) is 12.4. The van der Waals surface area contributed by atoms with E-state index >= 15 is 0 Å². The SMILES string of the molecule is CN(Cc1nc2ccccc2[nH]1)S(=O)(=O)C=Cc1ccccc1. The van der Waals surface area contributed by atoms with E-state index in [2.05, 4.69) is 9.97 Å². The molecule has 0 amide bonds. The lowest BCUT2D eigenvalue weighted by molar-refractivity contribution is 0.467. The third-order valence-corrected chi connectivity index (χ3v) is 4.96. The molecule has 0 spiro atoms. The Labute approximate surface area is 135 Å². The molecule has 0 fully saturated rings. The average Bonchev–Trinajstić information content (AvgIpc) is 2.96. The van der Waals surface area contributed by atoms with E-state index in [1.165, 1.54) is 16.8 Å². The van der Waals surface area contributed by atoms with Crippen LogP contribution in [0.5, 0.6) is 0 Å². The van der Waals surface area contributed by atoms with E-state index < -0.39 is 10.0 Å². The van der Waals surface area contributed by atoms with Gasteiger partial charge < -0.3 is 4.98 Å². The van der Waals surface area contributed by atoms with Crippen LogP contribution in [0.25, 0.3) is 17.1 Å². The van der Waals surface area contributed by atoms with E-state index in [1.54, 1.807) is 6.08 Å². The maximum absolute atomic E-state index is 12.3. The first-order valence-corrected chi connectivity index (χ1v) is 8.68. The van der Waals surface area contributed by atoms with Gasteiger partial charge in [0.1, 0.15) is 5.82 Å². The number of fused-ring (bicyclic) bond motifs is 1. The van der Waals surface area contributed by atoms with Gasteiger partial charge in [-0.25, -0.2) is 13.4 Å². The van der Waals surface area contributed by atoms with Gasteiger partial charge in [-0.15, -0.1) is 0 Å². The fourth-order valence-corrected chi connectivity index (χ4v) is 3.05. The molecule has 0 atom stereocenters. The summed E-state index contributed by atoms with van der Waals surface area (Å²) in [6.45, 7) is 0.191. The fourth-order valence-electron chi connectivity index (χ4n) is 2.21. The second-order valence-electron chi connectivity index (χ2n) is 5.22. The Morgan fingerprint density at radius 1 is 1.09 bits per heavy atom. The molecule has 0 radical (unpaired) electrons. The van der Waals surface area contributed by atoms with Gasteiger partial charge in [0.25, 0.3) is 0 Å². The third kappa shape index (κ3) is 3.67. The van der Waals surface area contributed by atoms with Gasteiger partial charge in [0.05, 0.1) is 17.6 Å². The topological polar surface area (TPSA) is 66.1 Å². The molecular formula is C17H17N3O2S. The zero-order valence-electron chi connectivity index (χ0n) is 12.7. The van der Waals surface area contributed by atoms with E-state index in [9.17, 15) is 8.42 Å². The molecule has 0 saturated carbocycles. The van der Waals surface area contributed by atoms with Crippen molar-refractivity contribution in [3.05, 3.63) is 71.4 Å². The van der Waals surface area contributed by atoms with Gasteiger partial charge in [-0.2, -0.15) is 4.31 Å². The minimum atomic E-state index is -3.50. The Kier molecular flexibility index (Phi) is 4.27. The van der Waals surface area contributed by atoms with Crippen LogP contribution < -0.4 is 0 Å². The number of sulfonamides is 1. The van der Waals surface area contributed by atoms with Crippen LogP contribution in [0, 0.1) is 0 Å². The molecule has 5 nitrogen and oxygen atoms in total. The Balaban J connectivity index is 1.76. The number of hydrogen-bond acceptors (Lipinski definition) is 3. The van der Waals surface area contributed by atoms with Crippen LogP contribution in [0.1, 0.15) is 11.4 Å². The molecular weight excluding hydrogens is 310 g/mol. The molecule has 23 heavy (non-hydrogen) atoms. The summed E-state index contributed by atoms with van der Waals surface area (Å²) in [5.41, 5.74) is 2.56. The molecule has 6 heteroatoms. The molecule has 118 valence electrons. The molecule has 3 aromatic rings. The van der Waals surface area contributed by atoms with Gasteiger partial charge in [-0.1, -0.05) is 42.5 Å². The second-order valence-corrected chi connectivity index (χ2v) is 7.14. The van der Waals surface area contributed by atoms with Crippen molar-refractivity contribution in [1.82, 2.24) is 14.3 Å². The van der Waals surface area contributed by atoms with Gasteiger partial charge in [0.15, 0.2) is 0 Å². The van der Waals surface area contributed by atoms with E-state index in [-0.39, 0.29) is 6.54 Å². The lowest BCUT2D eigenvalue weighted by atomic mass is 10.2. The Hall–Kier alpha value is -2.44. The van der Waals surface area contributed by atoms with E-state index in [1.807, 2.05) is 54.6 Å². The number of aromatic nitrogens is 2. The summed E-state index contributed by atoms with van der Waals surface area (Å²) in [7, 11) is -1.96. The maximum Gasteiger partial charge on any atom is 0.236 e. The second kappa shape index (κ2) is 6.36. The molecule has 0 bridgehead atoms. The number of para-hydroxylation sites is 2. The Bertz CT molecular complexity index is 898. The predicted molar refractivity (Wildman–Crippen MR) is 92.0 cm³/mol. The Morgan fingerprint density at radius 2 is 1.78 bits per heavy atom. The molecule has 3 rings (SSSR count). The molecule has 0 unspecified atom stereocenters. The highest BCUT2D eigenvalue weighted by Crippen LogP contribution is 2.13. The lowest BCUT2D eigenvalue weighted by Gasteiger charge is -2.12.